The van der Waals surface area contributed by atoms with E-state index in [-0.39, 0.29) is 0 Å². The van der Waals surface area contributed by atoms with Crippen molar-refractivity contribution in [3.05, 3.63) is 198 Å². The molecular formula is C48H29N3. The summed E-state index contributed by atoms with van der Waals surface area (Å²) in [4.78, 5) is 5.33. The highest BCUT2D eigenvalue weighted by Gasteiger charge is 2.51. The maximum Gasteiger partial charge on any atom is 0.145 e. The minimum absolute atomic E-state index is 0.534. The largest absolute Gasteiger partial charge is 0.309 e. The van der Waals surface area contributed by atoms with Crippen LogP contribution in [0.4, 0.5) is 0 Å². The van der Waals surface area contributed by atoms with Crippen LogP contribution in [-0.2, 0) is 5.41 Å². The second kappa shape index (κ2) is 9.71. The van der Waals surface area contributed by atoms with Crippen molar-refractivity contribution in [1.29, 1.82) is 0 Å². The maximum absolute atomic E-state index is 5.33. The van der Waals surface area contributed by atoms with E-state index in [2.05, 4.69) is 185 Å². The fraction of sp³-hybridized carbons (Fsp3) is 0.0208. The highest BCUT2D eigenvalue weighted by Crippen LogP contribution is 2.61. The molecule has 3 nitrogen and oxygen atoms in total. The van der Waals surface area contributed by atoms with Crippen LogP contribution in [0.1, 0.15) is 22.3 Å². The van der Waals surface area contributed by atoms with Gasteiger partial charge in [0.15, 0.2) is 0 Å². The van der Waals surface area contributed by atoms with Crippen molar-refractivity contribution < 1.29 is 0 Å². The predicted molar refractivity (Wildman–Crippen MR) is 209 cm³/mol. The summed E-state index contributed by atoms with van der Waals surface area (Å²) in [5.41, 5.74) is 15.3. The minimum Gasteiger partial charge on any atom is -0.309 e. The molecule has 3 heteroatoms. The SMILES string of the molecule is c1ccc(-c2nc3cccc4c3n2-c2ccccc2C42c3ccccc3-c3ccc(-n4c5ccccc5c5c6ccccc6ccc54)cc32)cc1. The molecule has 1 atom stereocenters. The van der Waals surface area contributed by atoms with E-state index in [1.807, 2.05) is 0 Å². The van der Waals surface area contributed by atoms with Gasteiger partial charge in [-0.25, -0.2) is 4.98 Å². The second-order valence-corrected chi connectivity index (χ2v) is 13.9. The van der Waals surface area contributed by atoms with Gasteiger partial charge in [0, 0.05) is 22.0 Å². The molecule has 0 radical (unpaired) electrons. The summed E-state index contributed by atoms with van der Waals surface area (Å²) in [6.07, 6.45) is 0. The Kier molecular flexibility index (Phi) is 5.17. The van der Waals surface area contributed by atoms with Gasteiger partial charge in [-0.1, -0.05) is 140 Å². The third-order valence-electron chi connectivity index (χ3n) is 11.5. The van der Waals surface area contributed by atoms with Crippen LogP contribution in [0.25, 0.3) is 77.5 Å². The zero-order chi connectivity index (χ0) is 33.3. The summed E-state index contributed by atoms with van der Waals surface area (Å²) in [6, 6.07) is 64.7. The van der Waals surface area contributed by atoms with Gasteiger partial charge in [-0.05, 0) is 80.6 Å². The van der Waals surface area contributed by atoms with Crippen LogP contribution in [0, 0.1) is 0 Å². The third kappa shape index (κ3) is 3.31. The van der Waals surface area contributed by atoms with Gasteiger partial charge in [-0.2, -0.15) is 0 Å². The first-order valence-electron chi connectivity index (χ1n) is 17.7. The van der Waals surface area contributed by atoms with E-state index in [1.165, 1.54) is 77.2 Å². The number of para-hydroxylation sites is 3. The molecule has 3 heterocycles. The number of fused-ring (bicyclic) bond motifs is 14. The maximum atomic E-state index is 5.33. The van der Waals surface area contributed by atoms with Crippen LogP contribution in [0.2, 0.25) is 0 Å². The zero-order valence-corrected chi connectivity index (χ0v) is 27.6. The number of nitrogens with zero attached hydrogens (tertiary/aromatic N) is 3. The molecule has 1 aliphatic heterocycles. The average Bonchev–Trinajstić information content (AvgIpc) is 3.85. The Balaban J connectivity index is 1.22. The number of hydrogen-bond donors (Lipinski definition) is 0. The Morgan fingerprint density at radius 2 is 1.18 bits per heavy atom. The summed E-state index contributed by atoms with van der Waals surface area (Å²) in [7, 11) is 0. The minimum atomic E-state index is -0.534. The molecule has 51 heavy (non-hydrogen) atoms. The summed E-state index contributed by atoms with van der Waals surface area (Å²) in [5, 5.41) is 5.11. The number of hydrogen-bond acceptors (Lipinski definition) is 1. The smallest absolute Gasteiger partial charge is 0.145 e. The fourth-order valence-corrected chi connectivity index (χ4v) is 9.58. The molecule has 236 valence electrons. The van der Waals surface area contributed by atoms with E-state index < -0.39 is 5.41 Å². The molecule has 8 aromatic carbocycles. The van der Waals surface area contributed by atoms with Crippen molar-refractivity contribution >= 4 is 43.6 Å². The normalized spacial score (nSPS) is 15.5. The monoisotopic (exact) mass is 647 g/mol. The van der Waals surface area contributed by atoms with E-state index in [4.69, 9.17) is 4.98 Å². The van der Waals surface area contributed by atoms with Crippen molar-refractivity contribution in [2.75, 3.05) is 0 Å². The molecular weight excluding hydrogens is 619 g/mol. The van der Waals surface area contributed by atoms with Crippen molar-refractivity contribution in [1.82, 2.24) is 14.1 Å². The van der Waals surface area contributed by atoms with Crippen LogP contribution in [-0.4, -0.2) is 14.1 Å². The van der Waals surface area contributed by atoms with Crippen molar-refractivity contribution in [3.63, 3.8) is 0 Å². The van der Waals surface area contributed by atoms with Crippen LogP contribution in [0.15, 0.2) is 176 Å². The van der Waals surface area contributed by atoms with Gasteiger partial charge < -0.3 is 4.57 Å². The van der Waals surface area contributed by atoms with E-state index in [9.17, 15) is 0 Å². The lowest BCUT2D eigenvalue weighted by molar-refractivity contribution is 0.745. The average molecular weight is 648 g/mol. The molecule has 12 rings (SSSR count). The first-order chi connectivity index (χ1) is 25.3. The fourth-order valence-electron chi connectivity index (χ4n) is 9.58. The number of rotatable bonds is 2. The number of benzene rings is 8. The summed E-state index contributed by atoms with van der Waals surface area (Å²) in [5.74, 6) is 0.970. The van der Waals surface area contributed by atoms with Gasteiger partial charge in [-0.15, -0.1) is 0 Å². The predicted octanol–water partition coefficient (Wildman–Crippen LogP) is 11.6. The molecule has 0 saturated heterocycles. The molecule has 0 fully saturated rings. The second-order valence-electron chi connectivity index (χ2n) is 13.9. The van der Waals surface area contributed by atoms with Crippen LogP contribution in [0.5, 0.6) is 0 Å². The lowest BCUT2D eigenvalue weighted by Gasteiger charge is -2.39. The summed E-state index contributed by atoms with van der Waals surface area (Å²) >= 11 is 0. The Morgan fingerprint density at radius 3 is 2.10 bits per heavy atom. The van der Waals surface area contributed by atoms with Crippen LogP contribution < -0.4 is 0 Å². The number of aromatic nitrogens is 3. The Hall–Kier alpha value is -6.71. The molecule has 1 aliphatic carbocycles. The first-order valence-corrected chi connectivity index (χ1v) is 17.7. The van der Waals surface area contributed by atoms with Crippen molar-refractivity contribution in [2.45, 2.75) is 5.41 Å². The molecule has 0 bridgehead atoms. The molecule has 0 N–H and O–H groups in total. The standard InChI is InChI=1S/C48H29N3/c1-2-14-31(15-3-1)47-49-41-22-12-21-39-46(41)51(47)43-24-11-9-20-38(43)48(39)37-19-8-6-17-34(37)35-27-26-32(29-40(35)48)50-42-23-10-7-18-36(42)45-33-16-5-4-13-30(33)25-28-44(45)50/h1-29H. The molecule has 0 amide bonds. The molecule has 1 unspecified atom stereocenters. The van der Waals surface area contributed by atoms with Gasteiger partial charge in [0.25, 0.3) is 0 Å². The van der Waals surface area contributed by atoms with Crippen LogP contribution in [0.3, 0.4) is 0 Å². The van der Waals surface area contributed by atoms with Crippen LogP contribution >= 0.6 is 0 Å². The highest BCUT2D eigenvalue weighted by atomic mass is 15.1. The Morgan fingerprint density at radius 1 is 0.451 bits per heavy atom. The highest BCUT2D eigenvalue weighted by molar-refractivity contribution is 6.21. The molecule has 1 spiro atoms. The van der Waals surface area contributed by atoms with Crippen molar-refractivity contribution in [3.8, 4) is 33.9 Å². The van der Waals surface area contributed by atoms with Crippen molar-refractivity contribution in [2.24, 2.45) is 0 Å². The lowest BCUT2D eigenvalue weighted by atomic mass is 9.65. The summed E-state index contributed by atoms with van der Waals surface area (Å²) in [6.45, 7) is 0. The molecule has 2 aromatic heterocycles. The summed E-state index contributed by atoms with van der Waals surface area (Å²) < 4.78 is 4.88. The van der Waals surface area contributed by atoms with Gasteiger partial charge >= 0.3 is 0 Å². The Labute approximate surface area is 294 Å². The first kappa shape index (κ1) is 27.2. The van der Waals surface area contributed by atoms with Gasteiger partial charge in [-0.3, -0.25) is 4.57 Å². The number of imidazole rings is 1. The molecule has 10 aromatic rings. The van der Waals surface area contributed by atoms with Gasteiger partial charge in [0.05, 0.1) is 33.2 Å². The molecule has 2 aliphatic rings. The Bertz CT molecular complexity index is 3090. The van der Waals surface area contributed by atoms with E-state index in [0.717, 1.165) is 22.6 Å². The van der Waals surface area contributed by atoms with E-state index in [0.29, 0.717) is 0 Å². The van der Waals surface area contributed by atoms with Gasteiger partial charge in [0.1, 0.15) is 5.82 Å². The topological polar surface area (TPSA) is 22.8 Å². The van der Waals surface area contributed by atoms with E-state index in [1.54, 1.807) is 0 Å². The van der Waals surface area contributed by atoms with Gasteiger partial charge in [0.2, 0.25) is 0 Å². The molecule has 0 saturated carbocycles. The van der Waals surface area contributed by atoms with E-state index >= 15 is 0 Å². The third-order valence-corrected chi connectivity index (χ3v) is 11.5. The zero-order valence-electron chi connectivity index (χ0n) is 27.6. The lowest BCUT2D eigenvalue weighted by Crippen LogP contribution is -2.33. The quantitative estimate of drug-likeness (QED) is 0.183.